The molecule has 2 atom stereocenters. The van der Waals surface area contributed by atoms with E-state index >= 15 is 0 Å². The van der Waals surface area contributed by atoms with Crippen LogP contribution in [0.25, 0.3) is 0 Å². The van der Waals surface area contributed by atoms with Gasteiger partial charge in [-0.15, -0.1) is 0 Å². The van der Waals surface area contributed by atoms with E-state index in [-0.39, 0.29) is 11.9 Å². The summed E-state index contributed by atoms with van der Waals surface area (Å²) >= 11 is 0. The van der Waals surface area contributed by atoms with Gasteiger partial charge in [0.2, 0.25) is 0 Å². The van der Waals surface area contributed by atoms with Crippen LogP contribution >= 0.6 is 0 Å². The van der Waals surface area contributed by atoms with Gasteiger partial charge in [0.05, 0.1) is 6.10 Å². The normalized spacial score (nSPS) is 13.9. The van der Waals surface area contributed by atoms with E-state index in [0.717, 1.165) is 18.4 Å². The number of carbonyl (C=O) groups is 1. The van der Waals surface area contributed by atoms with Crippen molar-refractivity contribution in [2.75, 3.05) is 0 Å². The molecule has 1 unspecified atom stereocenters. The molecule has 0 saturated carbocycles. The number of ether oxygens (including phenoxy) is 1. The van der Waals surface area contributed by atoms with Crippen molar-refractivity contribution in [3.8, 4) is 5.75 Å². The Morgan fingerprint density at radius 2 is 1.75 bits per heavy atom. The number of nitrogens with one attached hydrogen (secondary N) is 1. The lowest BCUT2D eigenvalue weighted by molar-refractivity contribution is -0.128. The van der Waals surface area contributed by atoms with Crippen molar-refractivity contribution in [1.82, 2.24) is 5.32 Å². The minimum atomic E-state index is -0.534. The van der Waals surface area contributed by atoms with Gasteiger partial charge in [0.25, 0.3) is 5.91 Å². The molecule has 0 heterocycles. The SMILES string of the molecule is CCC(CC)NC(=O)C(C)Oc1ccc([C@@H](C)O)cc1. The van der Waals surface area contributed by atoms with Gasteiger partial charge in [-0.3, -0.25) is 4.79 Å². The smallest absolute Gasteiger partial charge is 0.260 e. The van der Waals surface area contributed by atoms with E-state index in [2.05, 4.69) is 19.2 Å². The van der Waals surface area contributed by atoms with Crippen LogP contribution in [0.2, 0.25) is 0 Å². The predicted molar refractivity (Wildman–Crippen MR) is 79.7 cm³/mol. The summed E-state index contributed by atoms with van der Waals surface area (Å²) in [6.07, 6.45) is 0.795. The maximum absolute atomic E-state index is 12.0. The number of aliphatic hydroxyl groups is 1. The second-order valence-corrected chi connectivity index (χ2v) is 5.03. The molecule has 20 heavy (non-hydrogen) atoms. The van der Waals surface area contributed by atoms with Crippen molar-refractivity contribution in [2.45, 2.75) is 58.8 Å². The zero-order valence-corrected chi connectivity index (χ0v) is 12.7. The molecular weight excluding hydrogens is 254 g/mol. The fraction of sp³-hybridized carbons (Fsp3) is 0.562. The third-order valence-electron chi connectivity index (χ3n) is 3.38. The fourth-order valence-electron chi connectivity index (χ4n) is 1.89. The largest absolute Gasteiger partial charge is 0.481 e. The first-order valence-electron chi connectivity index (χ1n) is 7.22. The molecule has 0 aromatic heterocycles. The topological polar surface area (TPSA) is 58.6 Å². The van der Waals surface area contributed by atoms with Crippen LogP contribution in [0.3, 0.4) is 0 Å². The van der Waals surface area contributed by atoms with E-state index in [1.807, 2.05) is 0 Å². The summed E-state index contributed by atoms with van der Waals surface area (Å²) < 4.78 is 5.61. The first-order valence-corrected chi connectivity index (χ1v) is 7.22. The molecule has 0 spiro atoms. The number of hydrogen-bond acceptors (Lipinski definition) is 3. The highest BCUT2D eigenvalue weighted by molar-refractivity contribution is 5.81. The van der Waals surface area contributed by atoms with E-state index in [1.54, 1.807) is 38.1 Å². The van der Waals surface area contributed by atoms with Gasteiger partial charge in [-0.1, -0.05) is 26.0 Å². The summed E-state index contributed by atoms with van der Waals surface area (Å²) in [4.78, 5) is 12.0. The molecule has 0 fully saturated rings. The summed E-state index contributed by atoms with van der Waals surface area (Å²) in [5, 5.41) is 12.4. The molecule has 0 bridgehead atoms. The van der Waals surface area contributed by atoms with Crippen LogP contribution in [0.4, 0.5) is 0 Å². The average molecular weight is 279 g/mol. The highest BCUT2D eigenvalue weighted by Crippen LogP contribution is 2.18. The zero-order chi connectivity index (χ0) is 15.1. The quantitative estimate of drug-likeness (QED) is 0.807. The van der Waals surface area contributed by atoms with Crippen molar-refractivity contribution >= 4 is 5.91 Å². The van der Waals surface area contributed by atoms with Gasteiger partial charge >= 0.3 is 0 Å². The summed E-state index contributed by atoms with van der Waals surface area (Å²) in [5.41, 5.74) is 0.825. The van der Waals surface area contributed by atoms with Crippen LogP contribution in [0, 0.1) is 0 Å². The monoisotopic (exact) mass is 279 g/mol. The predicted octanol–water partition coefficient (Wildman–Crippen LogP) is 2.81. The number of rotatable bonds is 7. The molecule has 0 aliphatic heterocycles. The minimum Gasteiger partial charge on any atom is -0.481 e. The Morgan fingerprint density at radius 1 is 1.20 bits per heavy atom. The lowest BCUT2D eigenvalue weighted by Gasteiger charge is -2.19. The highest BCUT2D eigenvalue weighted by Gasteiger charge is 2.17. The van der Waals surface area contributed by atoms with Gasteiger partial charge in [0.1, 0.15) is 5.75 Å². The van der Waals surface area contributed by atoms with E-state index in [1.165, 1.54) is 0 Å². The number of carbonyl (C=O) groups excluding carboxylic acids is 1. The van der Waals surface area contributed by atoms with Crippen LogP contribution < -0.4 is 10.1 Å². The highest BCUT2D eigenvalue weighted by atomic mass is 16.5. The Balaban J connectivity index is 2.56. The molecule has 1 rings (SSSR count). The van der Waals surface area contributed by atoms with Crippen molar-refractivity contribution < 1.29 is 14.6 Å². The molecule has 0 aliphatic carbocycles. The molecule has 4 nitrogen and oxygen atoms in total. The van der Waals surface area contributed by atoms with E-state index in [4.69, 9.17) is 4.74 Å². The maximum atomic E-state index is 12.0. The number of hydrogen-bond donors (Lipinski definition) is 2. The van der Waals surface area contributed by atoms with Crippen LogP contribution in [0.15, 0.2) is 24.3 Å². The van der Waals surface area contributed by atoms with Crippen molar-refractivity contribution in [1.29, 1.82) is 0 Å². The van der Waals surface area contributed by atoms with Crippen LogP contribution in [-0.4, -0.2) is 23.2 Å². The van der Waals surface area contributed by atoms with Gasteiger partial charge in [0.15, 0.2) is 6.10 Å². The molecule has 0 saturated heterocycles. The number of amides is 1. The zero-order valence-electron chi connectivity index (χ0n) is 12.7. The maximum Gasteiger partial charge on any atom is 0.260 e. The standard InChI is InChI=1S/C16H25NO3/c1-5-14(6-2)17-16(19)12(4)20-15-9-7-13(8-10-15)11(3)18/h7-12,14,18H,5-6H2,1-4H3,(H,17,19)/t11-,12?/m1/s1. The summed E-state index contributed by atoms with van der Waals surface area (Å²) in [5.74, 6) is 0.528. The Kier molecular flexibility index (Phi) is 6.52. The third kappa shape index (κ3) is 4.85. The second kappa shape index (κ2) is 7.90. The number of benzene rings is 1. The number of aliphatic hydroxyl groups excluding tert-OH is 1. The van der Waals surface area contributed by atoms with Crippen molar-refractivity contribution in [3.05, 3.63) is 29.8 Å². The molecule has 0 radical (unpaired) electrons. The molecule has 112 valence electrons. The first-order chi connectivity index (χ1) is 9.47. The second-order valence-electron chi connectivity index (χ2n) is 5.03. The first kappa shape index (κ1) is 16.5. The lowest BCUT2D eigenvalue weighted by atomic mass is 10.1. The Bertz CT molecular complexity index is 410. The van der Waals surface area contributed by atoms with Crippen LogP contribution in [-0.2, 0) is 4.79 Å². The van der Waals surface area contributed by atoms with Gasteiger partial charge in [-0.05, 0) is 44.4 Å². The van der Waals surface area contributed by atoms with Crippen LogP contribution in [0.1, 0.15) is 52.2 Å². The van der Waals surface area contributed by atoms with Gasteiger partial charge in [0, 0.05) is 6.04 Å². The third-order valence-corrected chi connectivity index (χ3v) is 3.38. The molecule has 1 amide bonds. The molecule has 1 aromatic rings. The van der Waals surface area contributed by atoms with Gasteiger partial charge in [-0.25, -0.2) is 0 Å². The summed E-state index contributed by atoms with van der Waals surface area (Å²) in [6.45, 7) is 7.55. The molecule has 4 heteroatoms. The Morgan fingerprint density at radius 3 is 2.20 bits per heavy atom. The Labute approximate surface area is 121 Å². The summed E-state index contributed by atoms with van der Waals surface area (Å²) in [7, 11) is 0. The fourth-order valence-corrected chi connectivity index (χ4v) is 1.89. The molecule has 1 aromatic carbocycles. The average Bonchev–Trinajstić information content (AvgIpc) is 2.44. The minimum absolute atomic E-state index is 0.0988. The van der Waals surface area contributed by atoms with Gasteiger partial charge < -0.3 is 15.2 Å². The molecular formula is C16H25NO3. The molecule has 2 N–H and O–H groups in total. The van der Waals surface area contributed by atoms with Crippen LogP contribution in [0.5, 0.6) is 5.75 Å². The van der Waals surface area contributed by atoms with Crippen molar-refractivity contribution in [3.63, 3.8) is 0 Å². The Hall–Kier alpha value is -1.55. The lowest BCUT2D eigenvalue weighted by Crippen LogP contribution is -2.42. The van der Waals surface area contributed by atoms with Crippen molar-refractivity contribution in [2.24, 2.45) is 0 Å². The van der Waals surface area contributed by atoms with E-state index < -0.39 is 12.2 Å². The van der Waals surface area contributed by atoms with E-state index in [0.29, 0.717) is 5.75 Å². The van der Waals surface area contributed by atoms with E-state index in [9.17, 15) is 9.90 Å². The summed E-state index contributed by atoms with van der Waals surface area (Å²) in [6, 6.07) is 7.33. The molecule has 0 aliphatic rings. The van der Waals surface area contributed by atoms with Gasteiger partial charge in [-0.2, -0.15) is 0 Å².